The highest BCUT2D eigenvalue weighted by Gasteiger charge is 2.04. The van der Waals surface area contributed by atoms with E-state index >= 15 is 0 Å². The Bertz CT molecular complexity index is 598. The molecule has 0 amide bonds. The summed E-state index contributed by atoms with van der Waals surface area (Å²) in [6.07, 6.45) is 0. The van der Waals surface area contributed by atoms with Crippen molar-refractivity contribution in [1.82, 2.24) is 5.32 Å². The Morgan fingerprint density at radius 3 is 2.57 bits per heavy atom. The summed E-state index contributed by atoms with van der Waals surface area (Å²) in [6.45, 7) is 3.57. The van der Waals surface area contributed by atoms with E-state index in [1.54, 1.807) is 0 Å². The summed E-state index contributed by atoms with van der Waals surface area (Å²) in [5.41, 5.74) is 9.57. The van der Waals surface area contributed by atoms with E-state index in [0.717, 1.165) is 17.9 Å². The van der Waals surface area contributed by atoms with Crippen LogP contribution >= 0.6 is 12.2 Å². The lowest BCUT2D eigenvalue weighted by Gasteiger charge is -2.15. The molecule has 0 aliphatic heterocycles. The Morgan fingerprint density at radius 1 is 1.10 bits per heavy atom. The SMILES string of the molecule is CCNc1ccc(N)cc1NC(=S)NCc1ccccc1. The first-order valence-electron chi connectivity index (χ1n) is 6.91. The molecular formula is C16H20N4S. The number of benzene rings is 2. The van der Waals surface area contributed by atoms with Gasteiger partial charge in [-0.05, 0) is 42.9 Å². The van der Waals surface area contributed by atoms with Crippen LogP contribution in [-0.2, 0) is 6.54 Å². The largest absolute Gasteiger partial charge is 0.399 e. The van der Waals surface area contributed by atoms with Gasteiger partial charge in [-0.2, -0.15) is 0 Å². The van der Waals surface area contributed by atoms with Crippen LogP contribution in [0.5, 0.6) is 0 Å². The van der Waals surface area contributed by atoms with Crippen LogP contribution in [0.4, 0.5) is 17.1 Å². The summed E-state index contributed by atoms with van der Waals surface area (Å²) in [5.74, 6) is 0. The third kappa shape index (κ3) is 4.65. The van der Waals surface area contributed by atoms with Crippen LogP contribution in [0.2, 0.25) is 0 Å². The van der Waals surface area contributed by atoms with E-state index in [9.17, 15) is 0 Å². The minimum atomic E-state index is 0.573. The van der Waals surface area contributed by atoms with E-state index in [1.807, 2.05) is 43.3 Å². The molecule has 2 aromatic carbocycles. The number of hydrogen-bond donors (Lipinski definition) is 4. The van der Waals surface area contributed by atoms with Gasteiger partial charge in [0.25, 0.3) is 0 Å². The van der Waals surface area contributed by atoms with Crippen molar-refractivity contribution < 1.29 is 0 Å². The predicted molar refractivity (Wildman–Crippen MR) is 94.5 cm³/mol. The lowest BCUT2D eigenvalue weighted by molar-refractivity contribution is 0.926. The highest BCUT2D eigenvalue weighted by molar-refractivity contribution is 7.80. The standard InChI is InChI=1S/C16H20N4S/c1-2-18-14-9-8-13(17)10-15(14)20-16(21)19-11-12-6-4-3-5-7-12/h3-10,18H,2,11,17H2,1H3,(H2,19,20,21). The number of rotatable bonds is 5. The molecule has 0 atom stereocenters. The van der Waals surface area contributed by atoms with Gasteiger partial charge >= 0.3 is 0 Å². The van der Waals surface area contributed by atoms with E-state index in [-0.39, 0.29) is 0 Å². The summed E-state index contributed by atoms with van der Waals surface area (Å²) in [6, 6.07) is 15.8. The van der Waals surface area contributed by atoms with Crippen molar-refractivity contribution in [2.24, 2.45) is 0 Å². The van der Waals surface area contributed by atoms with Crippen LogP contribution in [0.1, 0.15) is 12.5 Å². The quantitative estimate of drug-likeness (QED) is 0.504. The van der Waals surface area contributed by atoms with Crippen LogP contribution in [0, 0.1) is 0 Å². The second kappa shape index (κ2) is 7.50. The maximum atomic E-state index is 5.83. The Kier molecular flexibility index (Phi) is 5.40. The van der Waals surface area contributed by atoms with E-state index in [1.165, 1.54) is 5.56 Å². The van der Waals surface area contributed by atoms with Crippen molar-refractivity contribution in [3.8, 4) is 0 Å². The molecule has 0 heterocycles. The van der Waals surface area contributed by atoms with Gasteiger partial charge < -0.3 is 21.7 Å². The maximum Gasteiger partial charge on any atom is 0.171 e. The van der Waals surface area contributed by atoms with E-state index in [0.29, 0.717) is 17.3 Å². The molecule has 4 nitrogen and oxygen atoms in total. The molecule has 0 bridgehead atoms. The molecule has 110 valence electrons. The zero-order valence-corrected chi connectivity index (χ0v) is 12.8. The Labute approximate surface area is 130 Å². The fourth-order valence-corrected chi connectivity index (χ4v) is 2.14. The van der Waals surface area contributed by atoms with Crippen molar-refractivity contribution in [3.63, 3.8) is 0 Å². The van der Waals surface area contributed by atoms with Crippen LogP contribution < -0.4 is 21.7 Å². The number of nitrogens with two attached hydrogens (primary N) is 1. The average Bonchev–Trinajstić information content (AvgIpc) is 2.49. The third-order valence-electron chi connectivity index (χ3n) is 2.95. The third-order valence-corrected chi connectivity index (χ3v) is 3.20. The first-order chi connectivity index (χ1) is 10.2. The van der Waals surface area contributed by atoms with Crippen molar-refractivity contribution in [2.45, 2.75) is 13.5 Å². The molecule has 5 heteroatoms. The Morgan fingerprint density at radius 2 is 1.86 bits per heavy atom. The molecule has 5 N–H and O–H groups in total. The van der Waals surface area contributed by atoms with Crippen LogP contribution in [0.15, 0.2) is 48.5 Å². The number of nitrogen functional groups attached to an aromatic ring is 1. The molecule has 0 fully saturated rings. The smallest absolute Gasteiger partial charge is 0.171 e. The van der Waals surface area contributed by atoms with Crippen LogP contribution in [-0.4, -0.2) is 11.7 Å². The molecule has 0 unspecified atom stereocenters. The van der Waals surface area contributed by atoms with Gasteiger partial charge in [0.05, 0.1) is 11.4 Å². The normalized spacial score (nSPS) is 9.95. The summed E-state index contributed by atoms with van der Waals surface area (Å²) in [7, 11) is 0. The Balaban J connectivity index is 1.97. The number of thiocarbonyl (C=S) groups is 1. The van der Waals surface area contributed by atoms with Gasteiger partial charge in [0.15, 0.2) is 5.11 Å². The number of anilines is 3. The molecule has 0 aromatic heterocycles. The first kappa shape index (κ1) is 15.1. The molecule has 0 saturated heterocycles. The highest BCUT2D eigenvalue weighted by Crippen LogP contribution is 2.24. The fraction of sp³-hybridized carbons (Fsp3) is 0.188. The van der Waals surface area contributed by atoms with Crippen molar-refractivity contribution in [2.75, 3.05) is 22.9 Å². The van der Waals surface area contributed by atoms with Crippen molar-refractivity contribution in [3.05, 3.63) is 54.1 Å². The second-order valence-electron chi connectivity index (χ2n) is 4.63. The number of nitrogens with one attached hydrogen (secondary N) is 3. The van der Waals surface area contributed by atoms with Crippen molar-refractivity contribution >= 4 is 34.4 Å². The van der Waals surface area contributed by atoms with E-state index < -0.39 is 0 Å². The zero-order valence-electron chi connectivity index (χ0n) is 12.0. The minimum absolute atomic E-state index is 0.573. The molecule has 0 radical (unpaired) electrons. The zero-order chi connectivity index (χ0) is 15.1. The van der Waals surface area contributed by atoms with Gasteiger partial charge in [-0.1, -0.05) is 30.3 Å². The fourth-order valence-electron chi connectivity index (χ4n) is 1.95. The van der Waals surface area contributed by atoms with Gasteiger partial charge in [-0.25, -0.2) is 0 Å². The minimum Gasteiger partial charge on any atom is -0.399 e. The van der Waals surface area contributed by atoms with Gasteiger partial charge in [0.2, 0.25) is 0 Å². The lowest BCUT2D eigenvalue weighted by atomic mass is 10.2. The summed E-state index contributed by atoms with van der Waals surface area (Å²) < 4.78 is 0. The van der Waals surface area contributed by atoms with Crippen LogP contribution in [0.25, 0.3) is 0 Å². The molecule has 0 aliphatic carbocycles. The van der Waals surface area contributed by atoms with E-state index in [4.69, 9.17) is 18.0 Å². The average molecular weight is 300 g/mol. The summed E-state index contributed by atoms with van der Waals surface area (Å²) >= 11 is 5.33. The molecule has 0 spiro atoms. The number of hydrogen-bond acceptors (Lipinski definition) is 3. The summed E-state index contributed by atoms with van der Waals surface area (Å²) in [5, 5.41) is 10.2. The van der Waals surface area contributed by atoms with Gasteiger partial charge in [0, 0.05) is 18.8 Å². The molecule has 0 aliphatic rings. The van der Waals surface area contributed by atoms with Crippen molar-refractivity contribution in [1.29, 1.82) is 0 Å². The topological polar surface area (TPSA) is 62.1 Å². The molecule has 2 aromatic rings. The molecule has 0 saturated carbocycles. The summed E-state index contributed by atoms with van der Waals surface area (Å²) in [4.78, 5) is 0. The second-order valence-corrected chi connectivity index (χ2v) is 5.04. The highest BCUT2D eigenvalue weighted by atomic mass is 32.1. The molecular weight excluding hydrogens is 280 g/mol. The lowest BCUT2D eigenvalue weighted by Crippen LogP contribution is -2.28. The first-order valence-corrected chi connectivity index (χ1v) is 7.32. The van der Waals surface area contributed by atoms with E-state index in [2.05, 4.69) is 28.1 Å². The van der Waals surface area contributed by atoms with Gasteiger partial charge in [-0.3, -0.25) is 0 Å². The van der Waals surface area contributed by atoms with Gasteiger partial charge in [-0.15, -0.1) is 0 Å². The molecule has 21 heavy (non-hydrogen) atoms. The predicted octanol–water partition coefficient (Wildman–Crippen LogP) is 3.19. The monoisotopic (exact) mass is 300 g/mol. The Hall–Kier alpha value is -2.27. The van der Waals surface area contributed by atoms with Crippen LogP contribution in [0.3, 0.4) is 0 Å². The maximum absolute atomic E-state index is 5.83. The molecule has 2 rings (SSSR count). The van der Waals surface area contributed by atoms with Gasteiger partial charge in [0.1, 0.15) is 0 Å².